The monoisotopic (exact) mass is 320 g/mol. The van der Waals surface area contributed by atoms with Gasteiger partial charge in [-0.15, -0.1) is 11.3 Å². The molecule has 0 radical (unpaired) electrons. The van der Waals surface area contributed by atoms with E-state index in [9.17, 15) is 9.59 Å². The van der Waals surface area contributed by atoms with E-state index in [4.69, 9.17) is 5.11 Å². The molecule has 0 bridgehead atoms. The Labute approximate surface area is 131 Å². The van der Waals surface area contributed by atoms with Crippen LogP contribution in [0.4, 0.5) is 0 Å². The van der Waals surface area contributed by atoms with Crippen LogP contribution in [0.3, 0.4) is 0 Å². The molecule has 1 N–H and O–H groups in total. The van der Waals surface area contributed by atoms with E-state index >= 15 is 0 Å². The molecule has 1 saturated heterocycles. The van der Waals surface area contributed by atoms with Gasteiger partial charge < -0.3 is 10.0 Å². The molecule has 3 heterocycles. The number of aryl methyl sites for hydroxylation is 1. The average molecular weight is 320 g/mol. The third kappa shape index (κ3) is 2.61. The van der Waals surface area contributed by atoms with Crippen molar-refractivity contribution >= 4 is 23.2 Å². The van der Waals surface area contributed by atoms with E-state index in [1.165, 1.54) is 11.3 Å². The van der Waals surface area contributed by atoms with Gasteiger partial charge in [-0.3, -0.25) is 14.3 Å². The zero-order valence-electron chi connectivity index (χ0n) is 12.3. The summed E-state index contributed by atoms with van der Waals surface area (Å²) in [5.74, 6) is -1.60. The largest absolute Gasteiger partial charge is 0.481 e. The summed E-state index contributed by atoms with van der Waals surface area (Å²) >= 11 is 1.38. The fourth-order valence-electron chi connectivity index (χ4n) is 2.65. The molecule has 0 saturated carbocycles. The van der Waals surface area contributed by atoms with E-state index in [0.717, 1.165) is 10.6 Å². The number of aliphatic carboxylic acids is 1. The van der Waals surface area contributed by atoms with Crippen LogP contribution in [0.25, 0.3) is 10.6 Å². The number of aromatic nitrogens is 3. The Morgan fingerprint density at radius 3 is 2.77 bits per heavy atom. The number of likely N-dealkylation sites (tertiary alicyclic amines) is 1. The maximum Gasteiger partial charge on any atom is 0.308 e. The summed E-state index contributed by atoms with van der Waals surface area (Å²) < 4.78 is 1.68. The van der Waals surface area contributed by atoms with Crippen LogP contribution in [0.5, 0.6) is 0 Å². The molecule has 1 aliphatic rings. The Morgan fingerprint density at radius 2 is 2.18 bits per heavy atom. The predicted octanol–water partition coefficient (Wildman–Crippen LogP) is 1.34. The topological polar surface area (TPSA) is 88.3 Å². The van der Waals surface area contributed by atoms with Gasteiger partial charge in [-0.05, 0) is 5.92 Å². The second-order valence-electron chi connectivity index (χ2n) is 5.57. The highest BCUT2D eigenvalue weighted by Gasteiger charge is 2.37. The van der Waals surface area contributed by atoms with Crippen molar-refractivity contribution in [2.24, 2.45) is 18.9 Å². The van der Waals surface area contributed by atoms with Crippen LogP contribution in [-0.2, 0) is 11.8 Å². The molecule has 2 aromatic rings. The lowest BCUT2D eigenvalue weighted by Gasteiger charge is -2.13. The van der Waals surface area contributed by atoms with Crippen LogP contribution < -0.4 is 0 Å². The number of carbonyl (C=O) groups excluding carboxylic acids is 1. The smallest absolute Gasteiger partial charge is 0.308 e. The Morgan fingerprint density at radius 1 is 1.41 bits per heavy atom. The van der Waals surface area contributed by atoms with E-state index < -0.39 is 11.9 Å². The highest BCUT2D eigenvalue weighted by molar-refractivity contribution is 7.13. The van der Waals surface area contributed by atoms with Gasteiger partial charge in [0.15, 0.2) is 0 Å². The van der Waals surface area contributed by atoms with Crippen molar-refractivity contribution in [2.75, 3.05) is 13.1 Å². The molecule has 1 aliphatic heterocycles. The molecule has 0 unspecified atom stereocenters. The van der Waals surface area contributed by atoms with Crippen molar-refractivity contribution in [3.8, 4) is 10.6 Å². The SMILES string of the molecule is C[C@@H]1CN(C(=O)c2csc(-c3cnn(C)c3)n2)C[C@H]1C(=O)O. The molecule has 2 aromatic heterocycles. The zero-order valence-corrected chi connectivity index (χ0v) is 13.1. The molecule has 3 rings (SSSR count). The van der Waals surface area contributed by atoms with Gasteiger partial charge in [-0.2, -0.15) is 5.10 Å². The van der Waals surface area contributed by atoms with E-state index in [-0.39, 0.29) is 18.4 Å². The molecule has 116 valence electrons. The molecule has 1 amide bonds. The van der Waals surface area contributed by atoms with Crippen molar-refractivity contribution in [1.82, 2.24) is 19.7 Å². The maximum absolute atomic E-state index is 12.5. The minimum Gasteiger partial charge on any atom is -0.481 e. The molecule has 0 aliphatic carbocycles. The van der Waals surface area contributed by atoms with Gasteiger partial charge in [0.1, 0.15) is 10.7 Å². The van der Waals surface area contributed by atoms with Crippen LogP contribution in [0.2, 0.25) is 0 Å². The number of rotatable bonds is 3. The van der Waals surface area contributed by atoms with Gasteiger partial charge in [0.05, 0.1) is 12.1 Å². The highest BCUT2D eigenvalue weighted by Crippen LogP contribution is 2.27. The number of thiazole rings is 1. The Kier molecular flexibility index (Phi) is 3.69. The fourth-order valence-corrected chi connectivity index (χ4v) is 3.42. The number of hydrogen-bond acceptors (Lipinski definition) is 5. The number of amides is 1. The first-order chi connectivity index (χ1) is 10.5. The van der Waals surface area contributed by atoms with E-state index in [1.807, 2.05) is 20.2 Å². The van der Waals surface area contributed by atoms with Gasteiger partial charge in [0.25, 0.3) is 5.91 Å². The van der Waals surface area contributed by atoms with Gasteiger partial charge >= 0.3 is 5.97 Å². The van der Waals surface area contributed by atoms with E-state index in [0.29, 0.717) is 12.2 Å². The fraction of sp³-hybridized carbons (Fsp3) is 0.429. The number of hydrogen-bond donors (Lipinski definition) is 1. The van der Waals surface area contributed by atoms with Crippen LogP contribution >= 0.6 is 11.3 Å². The quantitative estimate of drug-likeness (QED) is 0.922. The molecular formula is C14H16N4O3S. The Bertz CT molecular complexity index is 723. The second-order valence-corrected chi connectivity index (χ2v) is 6.43. The molecule has 2 atom stereocenters. The highest BCUT2D eigenvalue weighted by atomic mass is 32.1. The first kappa shape index (κ1) is 14.7. The summed E-state index contributed by atoms with van der Waals surface area (Å²) in [5, 5.41) is 15.7. The summed E-state index contributed by atoms with van der Waals surface area (Å²) in [7, 11) is 1.82. The lowest BCUT2D eigenvalue weighted by Crippen LogP contribution is -2.30. The minimum atomic E-state index is -0.850. The Balaban J connectivity index is 1.76. The minimum absolute atomic E-state index is 0.0436. The van der Waals surface area contributed by atoms with Crippen LogP contribution in [0.15, 0.2) is 17.8 Å². The summed E-state index contributed by atoms with van der Waals surface area (Å²) in [5.41, 5.74) is 1.23. The number of nitrogens with zero attached hydrogens (tertiary/aromatic N) is 4. The van der Waals surface area contributed by atoms with Crippen molar-refractivity contribution in [3.63, 3.8) is 0 Å². The summed E-state index contributed by atoms with van der Waals surface area (Å²) in [6.45, 7) is 2.55. The summed E-state index contributed by atoms with van der Waals surface area (Å²) in [4.78, 5) is 29.5. The van der Waals surface area contributed by atoms with Gasteiger partial charge in [0.2, 0.25) is 0 Å². The van der Waals surface area contributed by atoms with Gasteiger partial charge in [-0.1, -0.05) is 6.92 Å². The molecule has 0 aromatic carbocycles. The normalized spacial score (nSPS) is 21.3. The standard InChI is InChI=1S/C14H16N4O3S/c1-8-4-18(6-10(8)14(20)21)13(19)11-7-22-12(16-11)9-3-15-17(2)5-9/h3,5,7-8,10H,4,6H2,1-2H3,(H,20,21)/t8-,10-/m1/s1. The third-order valence-electron chi connectivity index (χ3n) is 3.89. The molecule has 8 heteroatoms. The van der Waals surface area contributed by atoms with Crippen LogP contribution in [-0.4, -0.2) is 49.7 Å². The van der Waals surface area contributed by atoms with Gasteiger partial charge in [-0.25, -0.2) is 4.98 Å². The zero-order chi connectivity index (χ0) is 15.9. The predicted molar refractivity (Wildman–Crippen MR) is 80.5 cm³/mol. The van der Waals surface area contributed by atoms with E-state index in [2.05, 4.69) is 10.1 Å². The van der Waals surface area contributed by atoms with Crippen molar-refractivity contribution in [3.05, 3.63) is 23.5 Å². The molecule has 7 nitrogen and oxygen atoms in total. The third-order valence-corrected chi connectivity index (χ3v) is 4.78. The molecule has 1 fully saturated rings. The first-order valence-corrected chi connectivity index (χ1v) is 7.80. The van der Waals surface area contributed by atoms with Gasteiger partial charge in [0, 0.05) is 37.3 Å². The number of carboxylic acids is 1. The molecule has 0 spiro atoms. The molecular weight excluding hydrogens is 304 g/mol. The number of carboxylic acid groups (broad SMARTS) is 1. The van der Waals surface area contributed by atoms with Crippen LogP contribution in [0, 0.1) is 11.8 Å². The van der Waals surface area contributed by atoms with Crippen molar-refractivity contribution < 1.29 is 14.7 Å². The lowest BCUT2D eigenvalue weighted by molar-refractivity contribution is -0.142. The second kappa shape index (κ2) is 5.53. The van der Waals surface area contributed by atoms with Crippen LogP contribution in [0.1, 0.15) is 17.4 Å². The average Bonchev–Trinajstić information content (AvgIpc) is 3.16. The van der Waals surface area contributed by atoms with E-state index in [1.54, 1.807) is 21.2 Å². The lowest BCUT2D eigenvalue weighted by atomic mass is 9.99. The Hall–Kier alpha value is -2.22. The molecule has 22 heavy (non-hydrogen) atoms. The summed E-state index contributed by atoms with van der Waals surface area (Å²) in [6.07, 6.45) is 3.54. The number of carbonyl (C=O) groups is 2. The van der Waals surface area contributed by atoms with Crippen molar-refractivity contribution in [2.45, 2.75) is 6.92 Å². The summed E-state index contributed by atoms with van der Waals surface area (Å²) in [6, 6.07) is 0. The van der Waals surface area contributed by atoms with Crippen molar-refractivity contribution in [1.29, 1.82) is 0 Å². The maximum atomic E-state index is 12.5. The first-order valence-electron chi connectivity index (χ1n) is 6.92.